The average Bonchev–Trinajstić information content (AvgIpc) is 3.05. The first-order valence-electron chi connectivity index (χ1n) is 8.00. The van der Waals surface area contributed by atoms with Crippen LogP contribution >= 0.6 is 34.5 Å². The molecule has 1 aromatic carbocycles. The van der Waals surface area contributed by atoms with Gasteiger partial charge < -0.3 is 5.32 Å². The summed E-state index contributed by atoms with van der Waals surface area (Å²) in [6.45, 7) is 3.06. The number of aryl methyl sites for hydroxylation is 1. The summed E-state index contributed by atoms with van der Waals surface area (Å²) in [4.78, 5) is 1.20. The Morgan fingerprint density at radius 1 is 1.21 bits per heavy atom. The molecule has 0 radical (unpaired) electrons. The minimum atomic E-state index is 0.643. The number of thiophene rings is 1. The van der Waals surface area contributed by atoms with E-state index in [0.717, 1.165) is 43.0 Å². The van der Waals surface area contributed by atoms with Crippen LogP contribution in [0.1, 0.15) is 24.0 Å². The van der Waals surface area contributed by atoms with Crippen LogP contribution in [0.25, 0.3) is 16.3 Å². The molecule has 3 aromatic rings. The van der Waals surface area contributed by atoms with E-state index in [-0.39, 0.29) is 0 Å². The van der Waals surface area contributed by atoms with E-state index in [0.29, 0.717) is 10.0 Å². The lowest BCUT2D eigenvalue weighted by atomic mass is 10.1. The van der Waals surface area contributed by atoms with Crippen LogP contribution in [0.2, 0.25) is 10.0 Å². The van der Waals surface area contributed by atoms with Crippen molar-refractivity contribution in [3.63, 3.8) is 0 Å². The number of benzene rings is 1. The first kappa shape index (κ1) is 16.0. The van der Waals surface area contributed by atoms with E-state index >= 15 is 0 Å². The van der Waals surface area contributed by atoms with Gasteiger partial charge in [-0.3, -0.25) is 0 Å². The molecule has 0 unspecified atom stereocenters. The van der Waals surface area contributed by atoms with Gasteiger partial charge in [0.1, 0.15) is 11.5 Å². The molecule has 4 rings (SSSR count). The molecule has 1 N–H and O–H groups in total. The van der Waals surface area contributed by atoms with E-state index in [1.165, 1.54) is 16.0 Å². The Bertz CT molecular complexity index is 898. The highest BCUT2D eigenvalue weighted by molar-refractivity contribution is 7.13. The Hall–Kier alpha value is -1.49. The number of fused-ring (bicyclic) bond motifs is 1. The van der Waals surface area contributed by atoms with Crippen molar-refractivity contribution < 1.29 is 0 Å². The number of rotatable bonds is 2. The van der Waals surface area contributed by atoms with Gasteiger partial charge in [-0.05, 0) is 61.4 Å². The maximum atomic E-state index is 6.43. The monoisotopic (exact) mass is 377 g/mol. The summed E-state index contributed by atoms with van der Waals surface area (Å²) in [6, 6.07) is 7.68. The highest BCUT2D eigenvalue weighted by Gasteiger charge is 2.23. The van der Waals surface area contributed by atoms with Crippen LogP contribution in [0, 0.1) is 6.92 Å². The predicted molar refractivity (Wildman–Crippen MR) is 103 cm³/mol. The van der Waals surface area contributed by atoms with Crippen LogP contribution in [0.5, 0.6) is 0 Å². The molecule has 6 heteroatoms. The Kier molecular flexibility index (Phi) is 4.29. The minimum Gasteiger partial charge on any atom is -0.370 e. The quantitative estimate of drug-likeness (QED) is 0.596. The molecule has 0 fully saturated rings. The molecule has 124 valence electrons. The van der Waals surface area contributed by atoms with Crippen molar-refractivity contribution in [1.82, 2.24) is 9.78 Å². The second-order valence-electron chi connectivity index (χ2n) is 6.06. The van der Waals surface area contributed by atoms with Gasteiger partial charge in [-0.2, -0.15) is 5.10 Å². The molecule has 24 heavy (non-hydrogen) atoms. The Morgan fingerprint density at radius 3 is 2.88 bits per heavy atom. The van der Waals surface area contributed by atoms with Gasteiger partial charge in [0, 0.05) is 17.1 Å². The van der Waals surface area contributed by atoms with Gasteiger partial charge in [0.15, 0.2) is 0 Å². The summed E-state index contributed by atoms with van der Waals surface area (Å²) < 4.78 is 1.92. The van der Waals surface area contributed by atoms with Crippen LogP contribution in [-0.4, -0.2) is 16.3 Å². The molecule has 0 amide bonds. The van der Waals surface area contributed by atoms with E-state index in [2.05, 4.69) is 23.7 Å². The van der Waals surface area contributed by atoms with E-state index in [4.69, 9.17) is 28.3 Å². The van der Waals surface area contributed by atoms with Crippen LogP contribution in [0.15, 0.2) is 29.6 Å². The van der Waals surface area contributed by atoms with Crippen molar-refractivity contribution in [2.24, 2.45) is 0 Å². The lowest BCUT2D eigenvalue weighted by Crippen LogP contribution is -2.07. The molecule has 0 spiro atoms. The number of nitrogens with zero attached hydrogens (tertiary/aromatic N) is 2. The molecule has 1 aliphatic heterocycles. The summed E-state index contributed by atoms with van der Waals surface area (Å²) >= 11 is 14.4. The smallest absolute Gasteiger partial charge is 0.133 e. The van der Waals surface area contributed by atoms with Gasteiger partial charge in [-0.25, -0.2) is 4.68 Å². The van der Waals surface area contributed by atoms with Gasteiger partial charge in [0.05, 0.1) is 15.6 Å². The summed E-state index contributed by atoms with van der Waals surface area (Å²) in [6.07, 6.45) is 3.33. The Morgan fingerprint density at radius 2 is 2.08 bits per heavy atom. The number of aromatic nitrogens is 2. The summed E-state index contributed by atoms with van der Waals surface area (Å²) in [5.74, 6) is 1.04. The van der Waals surface area contributed by atoms with Crippen LogP contribution in [0.4, 0.5) is 5.82 Å². The molecule has 3 heterocycles. The molecule has 1 aliphatic rings. The van der Waals surface area contributed by atoms with E-state index < -0.39 is 0 Å². The lowest BCUT2D eigenvalue weighted by molar-refractivity contribution is 0.780. The molecular formula is C18H17Cl2N3S. The highest BCUT2D eigenvalue weighted by atomic mass is 35.5. The fourth-order valence-electron chi connectivity index (χ4n) is 3.08. The number of hydrogen-bond donors (Lipinski definition) is 1. The maximum absolute atomic E-state index is 6.43. The largest absolute Gasteiger partial charge is 0.370 e. The molecular weight excluding hydrogens is 361 g/mol. The molecule has 0 atom stereocenters. The molecule has 3 nitrogen and oxygen atoms in total. The number of anilines is 1. The normalized spacial score (nSPS) is 14.1. The minimum absolute atomic E-state index is 0.643. The number of halogens is 2. The zero-order valence-corrected chi connectivity index (χ0v) is 15.6. The molecule has 0 saturated carbocycles. The van der Waals surface area contributed by atoms with E-state index in [1.807, 2.05) is 16.8 Å². The number of nitrogens with one attached hydrogen (secondary N) is 1. The zero-order chi connectivity index (χ0) is 16.7. The summed E-state index contributed by atoms with van der Waals surface area (Å²) in [5.41, 5.74) is 4.40. The summed E-state index contributed by atoms with van der Waals surface area (Å²) in [7, 11) is 0. The third-order valence-electron chi connectivity index (χ3n) is 4.23. The molecule has 2 aromatic heterocycles. The number of hydrogen-bond acceptors (Lipinski definition) is 3. The lowest BCUT2D eigenvalue weighted by Gasteiger charge is -2.11. The van der Waals surface area contributed by atoms with E-state index in [1.54, 1.807) is 17.4 Å². The van der Waals surface area contributed by atoms with Gasteiger partial charge in [0.2, 0.25) is 0 Å². The fourth-order valence-corrected chi connectivity index (χ4v) is 4.35. The standard InChI is InChI=1S/C18H17Cl2N3S/c1-11-8-16(24-10-11)17-13-4-2-3-7-21-18(13)23(22-17)15-9-12(19)5-6-14(15)20/h5-6,8-10,21H,2-4,7H2,1H3. The highest BCUT2D eigenvalue weighted by Crippen LogP contribution is 2.38. The maximum Gasteiger partial charge on any atom is 0.133 e. The van der Waals surface area contributed by atoms with Gasteiger partial charge >= 0.3 is 0 Å². The zero-order valence-electron chi connectivity index (χ0n) is 13.3. The Balaban J connectivity index is 1.94. The third-order valence-corrected chi connectivity index (χ3v) is 5.84. The second kappa shape index (κ2) is 6.43. The van der Waals surface area contributed by atoms with Crippen LogP contribution < -0.4 is 5.32 Å². The van der Waals surface area contributed by atoms with Gasteiger partial charge in [-0.15, -0.1) is 11.3 Å². The topological polar surface area (TPSA) is 29.9 Å². The van der Waals surface area contributed by atoms with Gasteiger partial charge in [0.25, 0.3) is 0 Å². The molecule has 0 aliphatic carbocycles. The first-order valence-corrected chi connectivity index (χ1v) is 9.64. The third kappa shape index (κ3) is 2.83. The SMILES string of the molecule is Cc1csc(-c2nn(-c3cc(Cl)ccc3Cl)c3c2CCCCN3)c1. The van der Waals surface area contributed by atoms with Crippen molar-refractivity contribution in [1.29, 1.82) is 0 Å². The summed E-state index contributed by atoms with van der Waals surface area (Å²) in [5, 5.41) is 11.9. The van der Waals surface area contributed by atoms with Crippen LogP contribution in [0.3, 0.4) is 0 Å². The van der Waals surface area contributed by atoms with Crippen molar-refractivity contribution in [2.45, 2.75) is 26.2 Å². The van der Waals surface area contributed by atoms with Crippen molar-refractivity contribution >= 4 is 40.4 Å². The predicted octanol–water partition coefficient (Wildman–Crippen LogP) is 5.96. The molecule has 0 saturated heterocycles. The van der Waals surface area contributed by atoms with Gasteiger partial charge in [-0.1, -0.05) is 23.2 Å². The average molecular weight is 378 g/mol. The van der Waals surface area contributed by atoms with Crippen molar-refractivity contribution in [3.05, 3.63) is 50.8 Å². The van der Waals surface area contributed by atoms with Crippen molar-refractivity contribution in [3.8, 4) is 16.3 Å². The van der Waals surface area contributed by atoms with Crippen LogP contribution in [-0.2, 0) is 6.42 Å². The Labute approximate surface area is 155 Å². The fraction of sp³-hybridized carbons (Fsp3) is 0.278. The second-order valence-corrected chi connectivity index (χ2v) is 7.81. The first-order chi connectivity index (χ1) is 11.6. The van der Waals surface area contributed by atoms with Crippen molar-refractivity contribution in [2.75, 3.05) is 11.9 Å². The van der Waals surface area contributed by atoms with E-state index in [9.17, 15) is 0 Å². The molecule has 0 bridgehead atoms.